The quantitative estimate of drug-likeness (QED) is 0.488. The van der Waals surface area contributed by atoms with Crippen LogP contribution in [0.1, 0.15) is 0 Å². The van der Waals surface area contributed by atoms with Crippen molar-refractivity contribution in [3.63, 3.8) is 0 Å². The molecule has 0 aliphatic carbocycles. The smallest absolute Gasteiger partial charge is 0.274 e. The van der Waals surface area contributed by atoms with Crippen LogP contribution in [0.4, 0.5) is 4.39 Å². The van der Waals surface area contributed by atoms with E-state index in [1.165, 1.54) is 22.8 Å². The van der Waals surface area contributed by atoms with Gasteiger partial charge < -0.3 is 4.42 Å². The summed E-state index contributed by atoms with van der Waals surface area (Å²) in [6.45, 7) is 0. The molecule has 0 atom stereocenters. The molecule has 3 aromatic rings. The number of hydrogen-bond acceptors (Lipinski definition) is 3. The summed E-state index contributed by atoms with van der Waals surface area (Å²) in [6.07, 6.45) is 0. The van der Waals surface area contributed by atoms with Crippen LogP contribution < -0.4 is 0 Å². The van der Waals surface area contributed by atoms with Gasteiger partial charge in [0.05, 0.1) is 21.1 Å². The van der Waals surface area contributed by atoms with E-state index in [4.69, 9.17) is 52.1 Å². The summed E-state index contributed by atoms with van der Waals surface area (Å²) in [5, 5.41) is 1.25. The zero-order chi connectivity index (χ0) is 15.1. The highest BCUT2D eigenvalue weighted by atomic mass is 35.5. The van der Waals surface area contributed by atoms with Crippen molar-refractivity contribution in [1.29, 1.82) is 0 Å². The van der Waals surface area contributed by atoms with Gasteiger partial charge in [-0.2, -0.15) is 0 Å². The fourth-order valence-electron chi connectivity index (χ4n) is 1.95. The Kier molecular flexibility index (Phi) is 3.84. The van der Waals surface area contributed by atoms with Gasteiger partial charge in [0, 0.05) is 0 Å². The molecule has 21 heavy (non-hydrogen) atoms. The van der Waals surface area contributed by atoms with Crippen molar-refractivity contribution in [2.45, 2.75) is 0 Å². The molecule has 0 unspecified atom stereocenters. The Balaban J connectivity index is 2.39. The fraction of sp³-hybridized carbons (Fsp3) is 0. The van der Waals surface area contributed by atoms with E-state index >= 15 is 0 Å². The van der Waals surface area contributed by atoms with Gasteiger partial charge in [-0.25, -0.2) is 4.39 Å². The number of halogens is 3. The third kappa shape index (κ3) is 2.62. The summed E-state index contributed by atoms with van der Waals surface area (Å²) < 4.78 is 20.8. The first kappa shape index (κ1) is 14.7. The average Bonchev–Trinajstić information content (AvgIpc) is 2.44. The molecule has 0 spiro atoms. The van der Waals surface area contributed by atoms with Gasteiger partial charge in [-0.1, -0.05) is 35.4 Å². The maximum absolute atomic E-state index is 13.4. The molecule has 0 saturated carbocycles. The second-order valence-corrected chi connectivity index (χ2v) is 5.80. The molecule has 0 bridgehead atoms. The van der Waals surface area contributed by atoms with Crippen LogP contribution in [0.15, 0.2) is 40.8 Å². The largest absolute Gasteiger partial charge is 0.431 e. The van der Waals surface area contributed by atoms with E-state index in [0.29, 0.717) is 31.3 Å². The van der Waals surface area contributed by atoms with Crippen molar-refractivity contribution in [2.75, 3.05) is 0 Å². The van der Waals surface area contributed by atoms with E-state index in [9.17, 15) is 4.39 Å². The predicted octanol–water partition coefficient (Wildman–Crippen LogP) is 6.13. The second-order valence-electron chi connectivity index (χ2n) is 4.25. The molecule has 0 radical (unpaired) electrons. The minimum atomic E-state index is -0.401. The highest BCUT2D eigenvalue weighted by Gasteiger charge is 2.09. The molecular weight excluding hydrogens is 352 g/mol. The van der Waals surface area contributed by atoms with Gasteiger partial charge in [-0.05, 0) is 48.6 Å². The van der Waals surface area contributed by atoms with Gasteiger partial charge in [0.15, 0.2) is 0 Å². The Labute approximate surface area is 139 Å². The lowest BCUT2D eigenvalue weighted by atomic mass is 10.2. The molecule has 7 heteroatoms. The molecule has 2 nitrogen and oxygen atoms in total. The third-order valence-corrected chi connectivity index (χ3v) is 4.32. The molecule has 0 aliphatic heterocycles. The molecular formula is C14H6Cl2FNOS2. The molecule has 0 aliphatic rings. The zero-order valence-electron chi connectivity index (χ0n) is 10.3. The molecule has 0 amide bonds. The molecule has 106 valence electrons. The van der Waals surface area contributed by atoms with Crippen LogP contribution >= 0.6 is 47.6 Å². The van der Waals surface area contributed by atoms with Crippen LogP contribution in [0.5, 0.6) is 0 Å². The van der Waals surface area contributed by atoms with Crippen molar-refractivity contribution in [3.8, 4) is 5.69 Å². The van der Waals surface area contributed by atoms with Gasteiger partial charge in [0.1, 0.15) is 16.0 Å². The van der Waals surface area contributed by atoms with Gasteiger partial charge in [-0.3, -0.25) is 4.57 Å². The SMILES string of the molecule is Fc1ccc2oc(=S)n(-c3ccc(Cl)c(Cl)c3)c(=S)c2c1. The molecule has 0 fully saturated rings. The van der Waals surface area contributed by atoms with Crippen LogP contribution in [0, 0.1) is 15.3 Å². The Morgan fingerprint density at radius 1 is 1.00 bits per heavy atom. The zero-order valence-corrected chi connectivity index (χ0v) is 13.4. The normalized spacial score (nSPS) is 11.0. The summed E-state index contributed by atoms with van der Waals surface area (Å²) in [5.41, 5.74) is 1.04. The van der Waals surface area contributed by atoms with Crippen molar-refractivity contribution in [2.24, 2.45) is 0 Å². The van der Waals surface area contributed by atoms with Crippen LogP contribution in [-0.4, -0.2) is 4.57 Å². The minimum absolute atomic E-state index is 0.150. The van der Waals surface area contributed by atoms with E-state index in [2.05, 4.69) is 0 Å². The standard InChI is InChI=1S/C14H6Cl2FNOS2/c15-10-3-2-8(6-11(10)16)18-13(20)9-5-7(17)1-4-12(9)19-14(18)21/h1-6H. The van der Waals surface area contributed by atoms with E-state index in [-0.39, 0.29) is 4.84 Å². The Hall–Kier alpha value is -1.27. The Morgan fingerprint density at radius 2 is 1.76 bits per heavy atom. The first-order chi connectivity index (χ1) is 9.97. The first-order valence-corrected chi connectivity index (χ1v) is 7.35. The number of fused-ring (bicyclic) bond motifs is 1. The topological polar surface area (TPSA) is 18.1 Å². The summed E-state index contributed by atoms with van der Waals surface area (Å²) in [7, 11) is 0. The minimum Gasteiger partial charge on any atom is -0.431 e. The number of nitrogens with zero attached hydrogens (tertiary/aromatic N) is 1. The van der Waals surface area contributed by atoms with Gasteiger partial charge >= 0.3 is 0 Å². The first-order valence-electron chi connectivity index (χ1n) is 5.78. The number of hydrogen-bond donors (Lipinski definition) is 0. The summed E-state index contributed by atoms with van der Waals surface area (Å²) in [4.78, 5) is 0.150. The lowest BCUT2D eigenvalue weighted by Gasteiger charge is -2.09. The Morgan fingerprint density at radius 3 is 2.48 bits per heavy atom. The van der Waals surface area contributed by atoms with Crippen LogP contribution in [0.2, 0.25) is 10.0 Å². The number of aromatic nitrogens is 1. The van der Waals surface area contributed by atoms with Gasteiger partial charge in [-0.15, -0.1) is 0 Å². The van der Waals surface area contributed by atoms with Crippen LogP contribution in [-0.2, 0) is 0 Å². The highest BCUT2D eigenvalue weighted by molar-refractivity contribution is 7.72. The van der Waals surface area contributed by atoms with Gasteiger partial charge in [0.2, 0.25) is 0 Å². The van der Waals surface area contributed by atoms with Gasteiger partial charge in [0.25, 0.3) is 4.84 Å². The van der Waals surface area contributed by atoms with Crippen molar-refractivity contribution < 1.29 is 8.81 Å². The van der Waals surface area contributed by atoms with Crippen LogP contribution in [0.25, 0.3) is 16.7 Å². The fourth-order valence-corrected chi connectivity index (χ4v) is 2.93. The monoisotopic (exact) mass is 357 g/mol. The lowest BCUT2D eigenvalue weighted by Crippen LogP contribution is -1.99. The van der Waals surface area contributed by atoms with E-state index in [1.807, 2.05) is 0 Å². The number of rotatable bonds is 1. The van der Waals surface area contributed by atoms with E-state index in [0.717, 1.165) is 0 Å². The molecule has 0 saturated heterocycles. The average molecular weight is 358 g/mol. The van der Waals surface area contributed by atoms with E-state index in [1.54, 1.807) is 18.2 Å². The maximum Gasteiger partial charge on any atom is 0.274 e. The van der Waals surface area contributed by atoms with Crippen molar-refractivity contribution in [1.82, 2.24) is 4.57 Å². The summed E-state index contributed by atoms with van der Waals surface area (Å²) in [6, 6.07) is 9.06. The summed E-state index contributed by atoms with van der Waals surface area (Å²) >= 11 is 22.5. The maximum atomic E-state index is 13.4. The van der Waals surface area contributed by atoms with Crippen molar-refractivity contribution in [3.05, 3.63) is 61.7 Å². The molecule has 1 heterocycles. The molecule has 2 aromatic carbocycles. The predicted molar refractivity (Wildman–Crippen MR) is 87.2 cm³/mol. The van der Waals surface area contributed by atoms with Crippen molar-refractivity contribution >= 4 is 58.6 Å². The van der Waals surface area contributed by atoms with Crippen LogP contribution in [0.3, 0.4) is 0 Å². The lowest BCUT2D eigenvalue weighted by molar-refractivity contribution is 0.535. The molecule has 3 rings (SSSR count). The molecule has 0 N–H and O–H groups in total. The van der Waals surface area contributed by atoms with E-state index < -0.39 is 5.82 Å². The highest BCUT2D eigenvalue weighted by Crippen LogP contribution is 2.27. The molecule has 1 aromatic heterocycles. The summed E-state index contributed by atoms with van der Waals surface area (Å²) in [5.74, 6) is -0.401. The number of benzene rings is 2. The second kappa shape index (κ2) is 5.50. The Bertz CT molecular complexity index is 981. The third-order valence-electron chi connectivity index (χ3n) is 2.92.